The van der Waals surface area contributed by atoms with Crippen LogP contribution in [0.3, 0.4) is 0 Å². The van der Waals surface area contributed by atoms with Crippen LogP contribution < -0.4 is 0 Å². The number of carbonyl (C=O) groups excluding carboxylic acids is 1. The highest BCUT2D eigenvalue weighted by molar-refractivity contribution is 7.91. The van der Waals surface area contributed by atoms with Crippen LogP contribution in [0.4, 0.5) is 0 Å². The van der Waals surface area contributed by atoms with Gasteiger partial charge in [-0.3, -0.25) is 9.35 Å². The van der Waals surface area contributed by atoms with Crippen LogP contribution >= 0.6 is 0 Å². The lowest BCUT2D eigenvalue weighted by Gasteiger charge is -2.30. The van der Waals surface area contributed by atoms with Crippen molar-refractivity contribution in [2.45, 2.75) is 5.72 Å². The number of hydrogen-bond acceptors (Lipinski definition) is 6. The molecule has 0 saturated carbocycles. The Bertz CT molecular complexity index is 909. The predicted octanol–water partition coefficient (Wildman–Crippen LogP) is 1.75. The summed E-state index contributed by atoms with van der Waals surface area (Å²) in [6, 6.07) is 5.10. The van der Waals surface area contributed by atoms with Gasteiger partial charge in [-0.15, -0.1) is 0 Å². The van der Waals surface area contributed by atoms with Crippen molar-refractivity contribution in [1.82, 2.24) is 0 Å². The zero-order chi connectivity index (χ0) is 16.5. The lowest BCUT2D eigenvalue weighted by atomic mass is 9.87. The van der Waals surface area contributed by atoms with Gasteiger partial charge in [-0.25, -0.2) is 0 Å². The fourth-order valence-electron chi connectivity index (χ4n) is 2.07. The van der Waals surface area contributed by atoms with E-state index in [2.05, 4.69) is 20.1 Å². The van der Waals surface area contributed by atoms with Crippen LogP contribution in [0.15, 0.2) is 45.1 Å². The van der Waals surface area contributed by atoms with Gasteiger partial charge in [0.05, 0.1) is 5.70 Å². The predicted molar refractivity (Wildman–Crippen MR) is 71.5 cm³/mol. The number of carbonyl (C=O) groups is 1. The van der Waals surface area contributed by atoms with Crippen LogP contribution in [0.2, 0.25) is 0 Å². The second-order valence-electron chi connectivity index (χ2n) is 4.08. The van der Waals surface area contributed by atoms with Crippen LogP contribution in [0.5, 0.6) is 0 Å². The quantitative estimate of drug-likeness (QED) is 0.370. The molecule has 11 nitrogen and oxygen atoms in total. The van der Waals surface area contributed by atoms with Gasteiger partial charge in [0, 0.05) is 21.0 Å². The highest BCUT2D eigenvalue weighted by atomic mass is 32.2. The molecule has 0 aliphatic heterocycles. The number of hydrogen-bond donors (Lipinski definition) is 2. The summed E-state index contributed by atoms with van der Waals surface area (Å²) in [6.07, 6.45) is 0. The Labute approximate surface area is 122 Å². The zero-order valence-corrected chi connectivity index (χ0v) is 11.3. The third-order valence-electron chi connectivity index (χ3n) is 2.89. The first-order valence-corrected chi connectivity index (χ1v) is 6.91. The second kappa shape index (κ2) is 5.15. The molecule has 1 unspecified atom stereocenters. The van der Waals surface area contributed by atoms with E-state index >= 15 is 0 Å². The van der Waals surface area contributed by atoms with Crippen molar-refractivity contribution in [3.05, 3.63) is 66.9 Å². The number of nitrogens with zero attached hydrogens (tertiary/aromatic N) is 6. The van der Waals surface area contributed by atoms with Gasteiger partial charge in [-0.05, 0) is 16.2 Å². The molecule has 2 N–H and O–H groups in total. The molecular formula is C10H6N6O5S. The third-order valence-corrected chi connectivity index (χ3v) is 3.79. The SMILES string of the molecule is [N-]=[N+]=NC1=C(S(=O)(=O)O)C(=O)c2ccccc2C1(O)N=[N+]=[N-]. The number of fused-ring (bicyclic) bond motifs is 1. The number of Topliss-reactive ketones (excluding diaryl/α,β-unsaturated/α-hetero) is 1. The van der Waals surface area contributed by atoms with Crippen LogP contribution in [-0.4, -0.2) is 23.9 Å². The molecule has 0 radical (unpaired) electrons. The maximum Gasteiger partial charge on any atom is 0.298 e. The van der Waals surface area contributed by atoms with Crippen molar-refractivity contribution < 1.29 is 22.9 Å². The van der Waals surface area contributed by atoms with E-state index in [9.17, 15) is 22.9 Å². The molecule has 0 amide bonds. The van der Waals surface area contributed by atoms with E-state index < -0.39 is 32.2 Å². The number of rotatable bonds is 3. The van der Waals surface area contributed by atoms with Gasteiger partial charge in [-0.1, -0.05) is 29.4 Å². The van der Waals surface area contributed by atoms with Crippen LogP contribution in [0, 0.1) is 0 Å². The smallest absolute Gasteiger partial charge is 0.298 e. The first-order valence-electron chi connectivity index (χ1n) is 5.47. The van der Waals surface area contributed by atoms with Gasteiger partial charge in [0.25, 0.3) is 10.1 Å². The number of ketones is 1. The van der Waals surface area contributed by atoms with Crippen molar-refractivity contribution in [2.24, 2.45) is 10.2 Å². The van der Waals surface area contributed by atoms with E-state index in [1.807, 2.05) is 0 Å². The van der Waals surface area contributed by atoms with Gasteiger partial charge in [-0.2, -0.15) is 8.42 Å². The monoisotopic (exact) mass is 322 g/mol. The summed E-state index contributed by atoms with van der Waals surface area (Å²) in [5, 5.41) is 16.5. The summed E-state index contributed by atoms with van der Waals surface area (Å²) in [5.41, 5.74) is 12.7. The molecule has 0 aromatic heterocycles. The number of aliphatic hydroxyl groups is 1. The molecule has 0 bridgehead atoms. The standard InChI is InChI=1S/C10H6N6O5S/c11-15-13-9-8(22(19,20)21)7(17)5-3-1-2-4-6(5)10(9,18)14-16-12/h1-4,18H,(H,19,20,21). The molecule has 22 heavy (non-hydrogen) atoms. The fourth-order valence-corrected chi connectivity index (χ4v) is 2.84. The summed E-state index contributed by atoms with van der Waals surface area (Å²) < 4.78 is 32.1. The van der Waals surface area contributed by atoms with Gasteiger partial charge >= 0.3 is 0 Å². The van der Waals surface area contributed by atoms with Crippen molar-refractivity contribution >= 4 is 15.9 Å². The Kier molecular flexibility index (Phi) is 3.63. The van der Waals surface area contributed by atoms with Gasteiger partial charge < -0.3 is 5.11 Å². The highest BCUT2D eigenvalue weighted by Gasteiger charge is 2.47. The minimum absolute atomic E-state index is 0.271. The Balaban J connectivity index is 3.06. The lowest BCUT2D eigenvalue weighted by Crippen LogP contribution is -2.35. The average molecular weight is 322 g/mol. The summed E-state index contributed by atoms with van der Waals surface area (Å²) in [5.74, 6) is -1.20. The molecule has 112 valence electrons. The zero-order valence-electron chi connectivity index (χ0n) is 10.5. The molecule has 1 aromatic carbocycles. The molecule has 2 rings (SSSR count). The van der Waals surface area contributed by atoms with Gasteiger partial charge in [0.2, 0.25) is 5.78 Å². The fraction of sp³-hybridized carbons (Fsp3) is 0.100. The van der Waals surface area contributed by atoms with Gasteiger partial charge in [0.1, 0.15) is 0 Å². The lowest BCUT2D eigenvalue weighted by molar-refractivity contribution is 0.0736. The molecule has 0 spiro atoms. The average Bonchev–Trinajstić information content (AvgIpc) is 2.44. The van der Waals surface area contributed by atoms with E-state index in [0.717, 1.165) is 6.07 Å². The molecule has 0 saturated heterocycles. The van der Waals surface area contributed by atoms with E-state index in [1.54, 1.807) is 0 Å². The molecule has 12 heteroatoms. The number of allylic oxidation sites excluding steroid dienone is 1. The Morgan fingerprint density at radius 1 is 1.18 bits per heavy atom. The summed E-state index contributed by atoms with van der Waals surface area (Å²) in [6.45, 7) is 0. The molecular weight excluding hydrogens is 316 g/mol. The van der Waals surface area contributed by atoms with Crippen molar-refractivity contribution in [3.8, 4) is 0 Å². The van der Waals surface area contributed by atoms with Crippen LogP contribution in [-0.2, 0) is 15.8 Å². The van der Waals surface area contributed by atoms with Crippen molar-refractivity contribution in [3.63, 3.8) is 0 Å². The normalized spacial score (nSPS) is 20.7. The Hall–Kier alpha value is -2.88. The summed E-state index contributed by atoms with van der Waals surface area (Å²) in [7, 11) is -5.16. The highest BCUT2D eigenvalue weighted by Crippen LogP contribution is 2.42. The van der Waals surface area contributed by atoms with E-state index in [0.29, 0.717) is 0 Å². The molecule has 0 heterocycles. The number of azide groups is 2. The Morgan fingerprint density at radius 3 is 2.36 bits per heavy atom. The Morgan fingerprint density at radius 2 is 1.82 bits per heavy atom. The van der Waals surface area contributed by atoms with Crippen LogP contribution in [0.25, 0.3) is 20.9 Å². The topological polar surface area (TPSA) is 189 Å². The minimum atomic E-state index is -5.16. The molecule has 1 aromatic rings. The molecule has 1 atom stereocenters. The molecule has 1 aliphatic rings. The summed E-state index contributed by atoms with van der Waals surface area (Å²) >= 11 is 0. The van der Waals surface area contributed by atoms with E-state index in [-0.39, 0.29) is 11.1 Å². The van der Waals surface area contributed by atoms with Crippen molar-refractivity contribution in [2.75, 3.05) is 0 Å². The third kappa shape index (κ3) is 2.19. The maximum atomic E-state index is 12.2. The number of benzene rings is 1. The first-order chi connectivity index (χ1) is 10.3. The van der Waals surface area contributed by atoms with Crippen LogP contribution in [0.1, 0.15) is 15.9 Å². The molecule has 0 fully saturated rings. The second-order valence-corrected chi connectivity index (χ2v) is 5.44. The summed E-state index contributed by atoms with van der Waals surface area (Å²) in [4.78, 5) is 15.5. The largest absolute Gasteiger partial charge is 0.375 e. The molecule has 1 aliphatic carbocycles. The minimum Gasteiger partial charge on any atom is -0.375 e. The maximum absolute atomic E-state index is 12.2. The van der Waals surface area contributed by atoms with Crippen molar-refractivity contribution in [1.29, 1.82) is 0 Å². The van der Waals surface area contributed by atoms with E-state index in [1.165, 1.54) is 18.2 Å². The van der Waals surface area contributed by atoms with Gasteiger partial charge in [0.15, 0.2) is 10.6 Å². The first kappa shape index (κ1) is 15.5. The van der Waals surface area contributed by atoms with E-state index in [4.69, 9.17) is 11.1 Å².